The third-order valence-electron chi connectivity index (χ3n) is 1.45. The van der Waals surface area contributed by atoms with E-state index in [2.05, 4.69) is 0 Å². The van der Waals surface area contributed by atoms with Gasteiger partial charge in [-0.15, -0.1) is 0 Å². The van der Waals surface area contributed by atoms with Crippen LogP contribution >= 0.6 is 45.2 Å². The van der Waals surface area contributed by atoms with E-state index in [0.29, 0.717) is 0 Å². The van der Waals surface area contributed by atoms with Crippen molar-refractivity contribution in [3.8, 4) is 0 Å². The predicted octanol–water partition coefficient (Wildman–Crippen LogP) is 1.14. The number of alkyl halides is 2. The average Bonchev–Trinajstić information content (AvgIpc) is 1.58. The summed E-state index contributed by atoms with van der Waals surface area (Å²) >= 11 is 3.54. The van der Waals surface area contributed by atoms with Gasteiger partial charge in [0.15, 0.2) is 0 Å². The van der Waals surface area contributed by atoms with Gasteiger partial charge in [-0.2, -0.15) is 8.42 Å². The number of hydrogen-bond donors (Lipinski definition) is 2. The topological polar surface area (TPSA) is 80.4 Å². The molecule has 0 rings (SSSR count). The van der Waals surface area contributed by atoms with Crippen molar-refractivity contribution in [2.75, 3.05) is 0 Å². The van der Waals surface area contributed by atoms with Crippen LogP contribution in [0.3, 0.4) is 0 Å². The van der Waals surface area contributed by atoms with Crippen molar-refractivity contribution < 1.29 is 13.0 Å². The van der Waals surface area contributed by atoms with Crippen LogP contribution in [0.15, 0.2) is 0 Å². The monoisotopic (exact) mass is 405 g/mol. The van der Waals surface area contributed by atoms with E-state index in [1.54, 1.807) is 45.2 Å². The second kappa shape index (κ2) is 3.24. The smallest absolute Gasteiger partial charge is 0.273 e. The van der Waals surface area contributed by atoms with Crippen LogP contribution in [0.25, 0.3) is 0 Å². The van der Waals surface area contributed by atoms with Crippen LogP contribution in [0.1, 0.15) is 13.8 Å². The van der Waals surface area contributed by atoms with Crippen molar-refractivity contribution in [3.63, 3.8) is 0 Å². The lowest BCUT2D eigenvalue weighted by Gasteiger charge is -2.31. The Bertz CT molecular complexity index is 241. The lowest BCUT2D eigenvalue weighted by atomic mass is 10.2. The summed E-state index contributed by atoms with van der Waals surface area (Å²) in [5.41, 5.74) is 5.53. The first kappa shape index (κ1) is 12.3. The standard InChI is InChI=1S/C4H9I2NO3S/c1-3(2,4(5,6)7)11(8,9)10/h7H2,1-2H3,(H,8,9,10). The number of hydrogen-bond acceptors (Lipinski definition) is 3. The minimum Gasteiger partial charge on any atom is -0.307 e. The van der Waals surface area contributed by atoms with Crippen LogP contribution in [-0.4, -0.2) is 19.3 Å². The second-order valence-electron chi connectivity index (χ2n) is 2.61. The van der Waals surface area contributed by atoms with Crippen molar-refractivity contribution >= 4 is 55.3 Å². The summed E-state index contributed by atoms with van der Waals surface area (Å²) in [6.07, 6.45) is 0. The number of halogens is 2. The molecule has 0 heterocycles. The Morgan fingerprint density at radius 3 is 1.64 bits per heavy atom. The molecule has 0 amide bonds. The summed E-state index contributed by atoms with van der Waals surface area (Å²) in [7, 11) is -4.10. The van der Waals surface area contributed by atoms with Gasteiger partial charge in [-0.1, -0.05) is 0 Å². The van der Waals surface area contributed by atoms with Crippen LogP contribution in [0.5, 0.6) is 0 Å². The molecular formula is C4H9I2NO3S. The van der Waals surface area contributed by atoms with Gasteiger partial charge in [0.05, 0.1) is 0 Å². The summed E-state index contributed by atoms with van der Waals surface area (Å²) in [5.74, 6) is 0. The zero-order chi connectivity index (χ0) is 9.50. The van der Waals surface area contributed by atoms with E-state index in [1.165, 1.54) is 13.8 Å². The van der Waals surface area contributed by atoms with E-state index in [9.17, 15) is 8.42 Å². The van der Waals surface area contributed by atoms with E-state index >= 15 is 0 Å². The van der Waals surface area contributed by atoms with E-state index in [1.807, 2.05) is 0 Å². The molecule has 0 atom stereocenters. The maximum atomic E-state index is 10.8. The van der Waals surface area contributed by atoms with Gasteiger partial charge in [-0.3, -0.25) is 4.55 Å². The summed E-state index contributed by atoms with van der Waals surface area (Å²) in [6, 6.07) is 0. The Morgan fingerprint density at radius 2 is 1.64 bits per heavy atom. The van der Waals surface area contributed by atoms with Crippen LogP contribution in [0.2, 0.25) is 0 Å². The molecule has 0 aliphatic rings. The van der Waals surface area contributed by atoms with Gasteiger partial charge in [0.25, 0.3) is 10.1 Å². The highest BCUT2D eigenvalue weighted by Gasteiger charge is 2.47. The number of nitrogens with two attached hydrogens (primary N) is 1. The molecule has 0 spiro atoms. The molecule has 0 bridgehead atoms. The third kappa shape index (κ3) is 2.64. The second-order valence-corrected chi connectivity index (χ2v) is 10.0. The normalized spacial score (nSPS) is 15.1. The van der Waals surface area contributed by atoms with Gasteiger partial charge in [0, 0.05) is 0 Å². The van der Waals surface area contributed by atoms with Gasteiger partial charge in [0.1, 0.15) is 6.30 Å². The highest BCUT2D eigenvalue weighted by Crippen LogP contribution is 2.38. The van der Waals surface area contributed by atoms with Gasteiger partial charge >= 0.3 is 0 Å². The van der Waals surface area contributed by atoms with E-state index < -0.39 is 16.4 Å². The summed E-state index contributed by atoms with van der Waals surface area (Å²) in [6.45, 7) is 2.75. The van der Waals surface area contributed by atoms with Gasteiger partial charge in [-0.05, 0) is 59.0 Å². The molecule has 11 heavy (non-hydrogen) atoms. The minimum absolute atomic E-state index is 1.02. The fourth-order valence-electron chi connectivity index (χ4n) is 0.172. The zero-order valence-corrected chi connectivity index (χ0v) is 11.1. The highest BCUT2D eigenvalue weighted by molar-refractivity contribution is 14.2. The maximum Gasteiger partial charge on any atom is 0.273 e. The van der Waals surface area contributed by atoms with Crippen LogP contribution in [-0.2, 0) is 10.1 Å². The van der Waals surface area contributed by atoms with E-state index in [0.717, 1.165) is 0 Å². The Balaban J connectivity index is 5.08. The molecule has 3 N–H and O–H groups in total. The van der Waals surface area contributed by atoms with Crippen molar-refractivity contribution in [1.82, 2.24) is 0 Å². The van der Waals surface area contributed by atoms with Crippen molar-refractivity contribution in [2.24, 2.45) is 5.73 Å². The molecule has 0 aromatic heterocycles. The molecule has 7 heteroatoms. The molecule has 4 nitrogen and oxygen atoms in total. The molecule has 0 saturated carbocycles. The van der Waals surface area contributed by atoms with Gasteiger partial charge in [0.2, 0.25) is 0 Å². The van der Waals surface area contributed by atoms with Gasteiger partial charge < -0.3 is 5.73 Å². The third-order valence-corrected chi connectivity index (χ3v) is 6.49. The van der Waals surface area contributed by atoms with Crippen molar-refractivity contribution in [2.45, 2.75) is 20.1 Å². The molecule has 0 unspecified atom stereocenters. The Labute approximate surface area is 93.3 Å². The highest BCUT2D eigenvalue weighted by atomic mass is 127. The van der Waals surface area contributed by atoms with E-state index in [4.69, 9.17) is 10.3 Å². The molecule has 68 valence electrons. The molecule has 0 aromatic carbocycles. The van der Waals surface area contributed by atoms with Crippen molar-refractivity contribution in [1.29, 1.82) is 0 Å². The van der Waals surface area contributed by atoms with Crippen LogP contribution < -0.4 is 5.73 Å². The Kier molecular flexibility index (Phi) is 3.63. The maximum absolute atomic E-state index is 10.8. The molecular weight excluding hydrogens is 396 g/mol. The first-order valence-electron chi connectivity index (χ1n) is 2.64. The van der Waals surface area contributed by atoms with E-state index in [-0.39, 0.29) is 0 Å². The molecule has 0 saturated heterocycles. The van der Waals surface area contributed by atoms with Crippen LogP contribution in [0, 0.1) is 0 Å². The summed E-state index contributed by atoms with van der Waals surface area (Å²) in [4.78, 5) is 0. The fourth-order valence-corrected chi connectivity index (χ4v) is 2.19. The Hall–Kier alpha value is 1.33. The average molecular weight is 405 g/mol. The molecule has 0 aromatic rings. The summed E-state index contributed by atoms with van der Waals surface area (Å²) < 4.78 is 27.9. The van der Waals surface area contributed by atoms with Gasteiger partial charge in [-0.25, -0.2) is 0 Å². The molecule has 0 fully saturated rings. The Morgan fingerprint density at radius 1 is 1.36 bits per heavy atom. The van der Waals surface area contributed by atoms with Crippen molar-refractivity contribution in [3.05, 3.63) is 0 Å². The minimum atomic E-state index is -4.10. The predicted molar refractivity (Wildman–Crippen MR) is 60.6 cm³/mol. The first-order chi connectivity index (χ1) is 4.50. The lowest BCUT2D eigenvalue weighted by Crippen LogP contribution is -2.52. The SMILES string of the molecule is CC(C)(C(N)(I)I)S(=O)(=O)O. The largest absolute Gasteiger partial charge is 0.307 e. The molecule has 0 aliphatic carbocycles. The molecule has 0 radical (unpaired) electrons. The lowest BCUT2D eigenvalue weighted by molar-refractivity contribution is 0.438. The fraction of sp³-hybridized carbons (Fsp3) is 1.00. The van der Waals surface area contributed by atoms with Crippen LogP contribution in [0.4, 0.5) is 0 Å². The zero-order valence-electron chi connectivity index (χ0n) is 6.01. The first-order valence-corrected chi connectivity index (χ1v) is 6.23. The quantitative estimate of drug-likeness (QED) is 0.313. The number of rotatable bonds is 2. The summed E-state index contributed by atoms with van der Waals surface area (Å²) in [5, 5.41) is 0. The molecule has 0 aliphatic heterocycles.